The van der Waals surface area contributed by atoms with Gasteiger partial charge in [0.15, 0.2) is 0 Å². The number of nitrogens with one attached hydrogen (secondary N) is 2. The van der Waals surface area contributed by atoms with E-state index in [-0.39, 0.29) is 18.4 Å². The van der Waals surface area contributed by atoms with E-state index in [4.69, 9.17) is 0 Å². The van der Waals surface area contributed by atoms with Crippen LogP contribution in [0.3, 0.4) is 0 Å². The zero-order chi connectivity index (χ0) is 16.0. The zero-order valence-electron chi connectivity index (χ0n) is 13.3. The van der Waals surface area contributed by atoms with Gasteiger partial charge in [-0.1, -0.05) is 0 Å². The van der Waals surface area contributed by atoms with E-state index in [1.54, 1.807) is 15.8 Å². The molecule has 1 saturated heterocycles. The Bertz CT molecular complexity index is 494. The molecular formula is C15H25N5O2. The van der Waals surface area contributed by atoms with Crippen LogP contribution in [0.15, 0.2) is 18.5 Å². The number of hydrogen-bond acceptors (Lipinski definition) is 4. The van der Waals surface area contributed by atoms with Crippen LogP contribution in [-0.2, 0) is 15.1 Å². The van der Waals surface area contributed by atoms with E-state index in [1.807, 2.05) is 26.1 Å². The average molecular weight is 307 g/mol. The molecule has 7 heteroatoms. The van der Waals surface area contributed by atoms with Crippen LogP contribution in [0.2, 0.25) is 0 Å². The third-order valence-electron chi connectivity index (χ3n) is 4.15. The molecule has 1 aromatic rings. The highest BCUT2D eigenvalue weighted by Gasteiger charge is 2.44. The van der Waals surface area contributed by atoms with Gasteiger partial charge in [-0.15, -0.1) is 0 Å². The molecule has 0 spiro atoms. The first-order valence-corrected chi connectivity index (χ1v) is 7.91. The number of carbonyl (C=O) groups excluding carboxylic acids is 2. The molecule has 0 atom stereocenters. The zero-order valence-corrected chi connectivity index (χ0v) is 13.3. The van der Waals surface area contributed by atoms with Crippen LogP contribution in [0.4, 0.5) is 0 Å². The lowest BCUT2D eigenvalue weighted by molar-refractivity contribution is -0.145. The van der Waals surface area contributed by atoms with Gasteiger partial charge in [0.2, 0.25) is 5.91 Å². The second-order valence-corrected chi connectivity index (χ2v) is 5.51. The summed E-state index contributed by atoms with van der Waals surface area (Å²) in [6, 6.07) is 1.83. The summed E-state index contributed by atoms with van der Waals surface area (Å²) in [7, 11) is 0. The van der Waals surface area contributed by atoms with Gasteiger partial charge in [0, 0.05) is 25.5 Å². The van der Waals surface area contributed by atoms with Gasteiger partial charge in [-0.05, 0) is 45.8 Å². The van der Waals surface area contributed by atoms with Gasteiger partial charge < -0.3 is 15.5 Å². The summed E-state index contributed by atoms with van der Waals surface area (Å²) in [5, 5.41) is 10.3. The number of piperidine rings is 1. The van der Waals surface area contributed by atoms with Crippen molar-refractivity contribution in [2.24, 2.45) is 0 Å². The average Bonchev–Trinajstić information content (AvgIpc) is 3.08. The number of rotatable bonds is 6. The number of amides is 2. The number of hydrogen-bond donors (Lipinski definition) is 2. The van der Waals surface area contributed by atoms with Gasteiger partial charge >= 0.3 is 0 Å². The third kappa shape index (κ3) is 3.30. The fraction of sp³-hybridized carbons (Fsp3) is 0.667. The molecule has 1 aliphatic rings. The Hall–Kier alpha value is -1.89. The van der Waals surface area contributed by atoms with E-state index >= 15 is 0 Å². The van der Waals surface area contributed by atoms with Crippen LogP contribution in [0.1, 0.15) is 26.7 Å². The van der Waals surface area contributed by atoms with Crippen molar-refractivity contribution < 1.29 is 9.59 Å². The SMILES string of the molecule is CCNC(=O)CN(CC)C(=O)C1(n2cccn2)CCNCC1. The monoisotopic (exact) mass is 307 g/mol. The Morgan fingerprint density at radius 2 is 2.09 bits per heavy atom. The summed E-state index contributed by atoms with van der Waals surface area (Å²) in [4.78, 5) is 26.6. The summed E-state index contributed by atoms with van der Waals surface area (Å²) in [5.41, 5.74) is -0.683. The number of aromatic nitrogens is 2. The molecule has 22 heavy (non-hydrogen) atoms. The van der Waals surface area contributed by atoms with Crippen LogP contribution in [0, 0.1) is 0 Å². The molecule has 0 aliphatic carbocycles. The van der Waals surface area contributed by atoms with Crippen LogP contribution in [0.5, 0.6) is 0 Å². The lowest BCUT2D eigenvalue weighted by Gasteiger charge is -2.39. The summed E-state index contributed by atoms with van der Waals surface area (Å²) < 4.78 is 1.76. The molecule has 0 saturated carbocycles. The second kappa shape index (κ2) is 7.40. The van der Waals surface area contributed by atoms with Gasteiger partial charge in [0.1, 0.15) is 5.54 Å². The summed E-state index contributed by atoms with van der Waals surface area (Å²) >= 11 is 0. The first kappa shape index (κ1) is 16.5. The molecule has 2 N–H and O–H groups in total. The molecule has 2 rings (SSSR count). The van der Waals surface area contributed by atoms with Crippen molar-refractivity contribution in [1.82, 2.24) is 25.3 Å². The van der Waals surface area contributed by atoms with Crippen molar-refractivity contribution in [2.45, 2.75) is 32.2 Å². The maximum atomic E-state index is 13.1. The third-order valence-corrected chi connectivity index (χ3v) is 4.15. The normalized spacial score (nSPS) is 17.0. The minimum absolute atomic E-state index is 0.0218. The van der Waals surface area contributed by atoms with Crippen LogP contribution in [-0.4, -0.2) is 59.2 Å². The van der Waals surface area contributed by atoms with Crippen molar-refractivity contribution in [2.75, 3.05) is 32.7 Å². The Morgan fingerprint density at radius 3 is 2.64 bits per heavy atom. The van der Waals surface area contributed by atoms with E-state index < -0.39 is 5.54 Å². The Morgan fingerprint density at radius 1 is 1.36 bits per heavy atom. The smallest absolute Gasteiger partial charge is 0.251 e. The van der Waals surface area contributed by atoms with E-state index in [9.17, 15) is 9.59 Å². The Kier molecular flexibility index (Phi) is 5.54. The van der Waals surface area contributed by atoms with Crippen molar-refractivity contribution in [3.63, 3.8) is 0 Å². The number of nitrogens with zero attached hydrogens (tertiary/aromatic N) is 3. The maximum Gasteiger partial charge on any atom is 0.251 e. The first-order chi connectivity index (χ1) is 10.6. The van der Waals surface area contributed by atoms with E-state index in [0.29, 0.717) is 25.9 Å². The van der Waals surface area contributed by atoms with Crippen LogP contribution in [0.25, 0.3) is 0 Å². The minimum atomic E-state index is -0.683. The summed E-state index contributed by atoms with van der Waals surface area (Å²) in [5.74, 6) is -0.145. The van der Waals surface area contributed by atoms with E-state index in [0.717, 1.165) is 13.1 Å². The Balaban J connectivity index is 2.22. The molecule has 0 unspecified atom stereocenters. The molecule has 0 radical (unpaired) electrons. The summed E-state index contributed by atoms with van der Waals surface area (Å²) in [6.07, 6.45) is 4.89. The highest BCUT2D eigenvalue weighted by molar-refractivity contribution is 5.89. The van der Waals surface area contributed by atoms with Crippen LogP contribution >= 0.6 is 0 Å². The topological polar surface area (TPSA) is 79.3 Å². The number of carbonyl (C=O) groups is 2. The van der Waals surface area contributed by atoms with Crippen molar-refractivity contribution >= 4 is 11.8 Å². The number of likely N-dealkylation sites (N-methyl/N-ethyl adjacent to an activating group) is 2. The first-order valence-electron chi connectivity index (χ1n) is 7.91. The van der Waals surface area contributed by atoms with E-state index in [1.165, 1.54) is 0 Å². The molecule has 1 aromatic heterocycles. The molecule has 122 valence electrons. The molecular weight excluding hydrogens is 282 g/mol. The van der Waals surface area contributed by atoms with Gasteiger partial charge in [-0.3, -0.25) is 14.3 Å². The predicted octanol–water partition coefficient (Wildman–Crippen LogP) is -0.0536. The molecule has 1 fully saturated rings. The molecule has 1 aliphatic heterocycles. The van der Waals surface area contributed by atoms with Gasteiger partial charge in [0.05, 0.1) is 6.54 Å². The predicted molar refractivity (Wildman–Crippen MR) is 83.2 cm³/mol. The fourth-order valence-electron chi connectivity index (χ4n) is 2.95. The standard InChI is InChI=1S/C15H25N5O2/c1-3-17-13(21)12-19(4-2)14(22)15(6-9-16-10-7-15)20-11-5-8-18-20/h5,8,11,16H,3-4,6-7,9-10,12H2,1-2H3,(H,17,21). The van der Waals surface area contributed by atoms with Crippen molar-refractivity contribution in [1.29, 1.82) is 0 Å². The maximum absolute atomic E-state index is 13.1. The quantitative estimate of drug-likeness (QED) is 0.772. The van der Waals surface area contributed by atoms with Crippen molar-refractivity contribution in [3.05, 3.63) is 18.5 Å². The van der Waals surface area contributed by atoms with Gasteiger partial charge in [-0.2, -0.15) is 5.10 Å². The Labute approximate surface area is 131 Å². The lowest BCUT2D eigenvalue weighted by atomic mass is 9.86. The minimum Gasteiger partial charge on any atom is -0.355 e. The fourth-order valence-corrected chi connectivity index (χ4v) is 2.95. The highest BCUT2D eigenvalue weighted by atomic mass is 16.2. The largest absolute Gasteiger partial charge is 0.355 e. The van der Waals surface area contributed by atoms with E-state index in [2.05, 4.69) is 15.7 Å². The lowest BCUT2D eigenvalue weighted by Crippen LogP contribution is -2.57. The van der Waals surface area contributed by atoms with Crippen molar-refractivity contribution in [3.8, 4) is 0 Å². The summed E-state index contributed by atoms with van der Waals surface area (Å²) in [6.45, 7) is 6.47. The van der Waals surface area contributed by atoms with Crippen LogP contribution < -0.4 is 10.6 Å². The molecule has 7 nitrogen and oxygen atoms in total. The van der Waals surface area contributed by atoms with Gasteiger partial charge in [0.25, 0.3) is 5.91 Å². The van der Waals surface area contributed by atoms with Gasteiger partial charge in [-0.25, -0.2) is 0 Å². The second-order valence-electron chi connectivity index (χ2n) is 5.51. The molecule has 0 bridgehead atoms. The molecule has 2 amide bonds. The molecule has 0 aromatic carbocycles. The highest BCUT2D eigenvalue weighted by Crippen LogP contribution is 2.29. The molecule has 2 heterocycles.